The molecule has 0 fully saturated rings. The first kappa shape index (κ1) is 16.3. The van der Waals surface area contributed by atoms with E-state index in [2.05, 4.69) is 4.72 Å². The molecule has 0 aliphatic carbocycles. The molecular weight excluding hydrogens is 383 g/mol. The number of rotatable bonds is 4. The average Bonchev–Trinajstić information content (AvgIpc) is 2.76. The average molecular weight is 388 g/mol. The SMILES string of the molecule is O=[N+]([O-])c1cc(S(=O)(=O)Nc2ccc(Cl)cc2Cl)sc1Cl. The van der Waals surface area contributed by atoms with Gasteiger partial charge in [-0.25, -0.2) is 8.42 Å². The zero-order chi connectivity index (χ0) is 15.8. The molecule has 6 nitrogen and oxygen atoms in total. The lowest BCUT2D eigenvalue weighted by atomic mass is 10.3. The topological polar surface area (TPSA) is 89.3 Å². The van der Waals surface area contributed by atoms with Crippen LogP contribution in [0.1, 0.15) is 0 Å². The molecule has 0 aliphatic heterocycles. The van der Waals surface area contributed by atoms with Crippen molar-refractivity contribution >= 4 is 67.5 Å². The summed E-state index contributed by atoms with van der Waals surface area (Å²) in [5, 5.41) is 11.1. The highest BCUT2D eigenvalue weighted by molar-refractivity contribution is 7.94. The lowest BCUT2D eigenvalue weighted by Crippen LogP contribution is -2.11. The van der Waals surface area contributed by atoms with Gasteiger partial charge in [0, 0.05) is 11.1 Å². The van der Waals surface area contributed by atoms with E-state index in [4.69, 9.17) is 34.8 Å². The van der Waals surface area contributed by atoms with Crippen molar-refractivity contribution in [3.8, 4) is 0 Å². The maximum Gasteiger partial charge on any atom is 0.300 e. The first-order valence-corrected chi connectivity index (χ1v) is 8.55. The second-order valence-corrected chi connectivity index (χ2v) is 8.12. The summed E-state index contributed by atoms with van der Waals surface area (Å²) in [6.45, 7) is 0. The van der Waals surface area contributed by atoms with Gasteiger partial charge in [-0.15, -0.1) is 11.3 Å². The van der Waals surface area contributed by atoms with Crippen molar-refractivity contribution in [1.29, 1.82) is 0 Å². The second kappa shape index (κ2) is 5.98. The Kier molecular flexibility index (Phi) is 4.64. The fourth-order valence-corrected chi connectivity index (χ4v) is 4.62. The number of nitro groups is 1. The number of thiophene rings is 1. The smallest absolute Gasteiger partial charge is 0.277 e. The van der Waals surface area contributed by atoms with Crippen LogP contribution < -0.4 is 4.72 Å². The largest absolute Gasteiger partial charge is 0.300 e. The van der Waals surface area contributed by atoms with Gasteiger partial charge >= 0.3 is 0 Å². The molecule has 1 aromatic carbocycles. The summed E-state index contributed by atoms with van der Waals surface area (Å²) in [6, 6.07) is 5.09. The van der Waals surface area contributed by atoms with Crippen LogP contribution in [0, 0.1) is 10.1 Å². The van der Waals surface area contributed by atoms with Crippen LogP contribution in [0.25, 0.3) is 0 Å². The van der Waals surface area contributed by atoms with E-state index in [1.54, 1.807) is 0 Å². The molecule has 0 unspecified atom stereocenters. The van der Waals surface area contributed by atoms with Crippen LogP contribution in [0.15, 0.2) is 28.5 Å². The van der Waals surface area contributed by atoms with E-state index in [-0.39, 0.29) is 19.3 Å². The Balaban J connectivity index is 2.38. The lowest BCUT2D eigenvalue weighted by molar-refractivity contribution is -0.384. The Morgan fingerprint density at radius 1 is 1.19 bits per heavy atom. The fraction of sp³-hybridized carbons (Fsp3) is 0. The van der Waals surface area contributed by atoms with Crippen molar-refractivity contribution in [3.05, 3.63) is 48.8 Å². The third kappa shape index (κ3) is 3.58. The molecule has 1 N–H and O–H groups in total. The molecule has 1 aromatic heterocycles. The van der Waals surface area contributed by atoms with Gasteiger partial charge in [0.25, 0.3) is 15.7 Å². The highest BCUT2D eigenvalue weighted by atomic mass is 35.5. The maximum atomic E-state index is 12.2. The number of anilines is 1. The predicted octanol–water partition coefficient (Wildman–Crippen LogP) is 4.42. The van der Waals surface area contributed by atoms with Gasteiger partial charge in [-0.05, 0) is 18.2 Å². The predicted molar refractivity (Wildman–Crippen MR) is 83.3 cm³/mol. The summed E-state index contributed by atoms with van der Waals surface area (Å²) in [6.07, 6.45) is 0. The van der Waals surface area contributed by atoms with Gasteiger partial charge in [-0.1, -0.05) is 34.8 Å². The van der Waals surface area contributed by atoms with Gasteiger partial charge in [0.05, 0.1) is 15.6 Å². The van der Waals surface area contributed by atoms with Gasteiger partial charge in [-0.2, -0.15) is 0 Å². The molecule has 0 radical (unpaired) electrons. The van der Waals surface area contributed by atoms with E-state index in [1.165, 1.54) is 18.2 Å². The molecule has 11 heteroatoms. The Hall–Kier alpha value is -1.06. The highest BCUT2D eigenvalue weighted by Crippen LogP contribution is 2.37. The maximum absolute atomic E-state index is 12.2. The number of nitrogens with one attached hydrogen (secondary N) is 1. The number of halogens is 3. The van der Waals surface area contributed by atoms with Gasteiger partial charge in [0.2, 0.25) is 0 Å². The van der Waals surface area contributed by atoms with E-state index >= 15 is 0 Å². The molecule has 2 aromatic rings. The van der Waals surface area contributed by atoms with Gasteiger partial charge < -0.3 is 0 Å². The molecule has 0 saturated carbocycles. The van der Waals surface area contributed by atoms with Crippen molar-refractivity contribution in [1.82, 2.24) is 0 Å². The number of benzene rings is 1. The zero-order valence-corrected chi connectivity index (χ0v) is 13.7. The van der Waals surface area contributed by atoms with E-state index in [0.29, 0.717) is 16.4 Å². The molecule has 2 rings (SSSR count). The molecular formula is C10H5Cl3N2O4S2. The standard InChI is InChI=1S/C10H5Cl3N2O4S2/c11-5-1-2-7(6(12)3-5)14-21(18,19)9-4-8(15(16)17)10(13)20-9/h1-4,14H. The van der Waals surface area contributed by atoms with Crippen LogP contribution in [0.3, 0.4) is 0 Å². The zero-order valence-electron chi connectivity index (χ0n) is 9.84. The quantitative estimate of drug-likeness (QED) is 0.621. The third-order valence-electron chi connectivity index (χ3n) is 2.28. The van der Waals surface area contributed by atoms with Crippen molar-refractivity contribution in [3.63, 3.8) is 0 Å². The molecule has 0 amide bonds. The van der Waals surface area contributed by atoms with Crippen LogP contribution in [-0.2, 0) is 10.0 Å². The monoisotopic (exact) mass is 386 g/mol. The summed E-state index contributed by atoms with van der Waals surface area (Å²) in [4.78, 5) is 9.93. The Labute approximate surface area is 138 Å². The van der Waals surface area contributed by atoms with Gasteiger partial charge in [-0.3, -0.25) is 14.8 Å². The second-order valence-electron chi connectivity index (χ2n) is 3.71. The Morgan fingerprint density at radius 2 is 1.86 bits per heavy atom. The summed E-state index contributed by atoms with van der Waals surface area (Å²) < 4.78 is 26.0. The summed E-state index contributed by atoms with van der Waals surface area (Å²) in [7, 11) is -4.03. The summed E-state index contributed by atoms with van der Waals surface area (Å²) >= 11 is 17.8. The minimum absolute atomic E-state index is 0.100. The summed E-state index contributed by atoms with van der Waals surface area (Å²) in [5.74, 6) is 0. The number of sulfonamides is 1. The number of hydrogen-bond acceptors (Lipinski definition) is 5. The molecule has 0 spiro atoms. The molecule has 0 aliphatic rings. The van der Waals surface area contributed by atoms with E-state index in [0.717, 1.165) is 6.07 Å². The minimum Gasteiger partial charge on any atom is -0.277 e. The van der Waals surface area contributed by atoms with Crippen molar-refractivity contribution in [2.24, 2.45) is 0 Å². The first-order chi connectivity index (χ1) is 9.70. The molecule has 0 bridgehead atoms. The van der Waals surface area contributed by atoms with E-state index < -0.39 is 20.6 Å². The minimum atomic E-state index is -4.03. The lowest BCUT2D eigenvalue weighted by Gasteiger charge is -2.07. The van der Waals surface area contributed by atoms with Crippen LogP contribution in [-0.4, -0.2) is 13.3 Å². The molecule has 21 heavy (non-hydrogen) atoms. The number of nitrogens with zero attached hydrogens (tertiary/aromatic N) is 1. The van der Waals surface area contributed by atoms with Gasteiger partial charge in [0.1, 0.15) is 4.21 Å². The highest BCUT2D eigenvalue weighted by Gasteiger charge is 2.25. The summed E-state index contributed by atoms with van der Waals surface area (Å²) in [5.41, 5.74) is -0.363. The van der Waals surface area contributed by atoms with Crippen molar-refractivity contribution in [2.45, 2.75) is 4.21 Å². The van der Waals surface area contributed by atoms with Crippen molar-refractivity contribution < 1.29 is 13.3 Å². The molecule has 1 heterocycles. The molecule has 0 saturated heterocycles. The van der Waals surface area contributed by atoms with Crippen LogP contribution in [0.2, 0.25) is 14.4 Å². The molecule has 112 valence electrons. The Bertz CT molecular complexity index is 820. The van der Waals surface area contributed by atoms with Crippen LogP contribution in [0.4, 0.5) is 11.4 Å². The van der Waals surface area contributed by atoms with E-state index in [1.807, 2.05) is 0 Å². The van der Waals surface area contributed by atoms with Crippen molar-refractivity contribution in [2.75, 3.05) is 4.72 Å². The van der Waals surface area contributed by atoms with Gasteiger partial charge in [0.15, 0.2) is 4.34 Å². The third-order valence-corrected chi connectivity index (χ3v) is 6.01. The first-order valence-electron chi connectivity index (χ1n) is 5.12. The van der Waals surface area contributed by atoms with Crippen LogP contribution in [0.5, 0.6) is 0 Å². The fourth-order valence-electron chi connectivity index (χ4n) is 1.36. The normalized spacial score (nSPS) is 11.4. The molecule has 0 atom stereocenters. The van der Waals surface area contributed by atoms with Crippen LogP contribution >= 0.6 is 46.1 Å². The number of hydrogen-bond donors (Lipinski definition) is 1. The van der Waals surface area contributed by atoms with E-state index in [9.17, 15) is 18.5 Å². The Morgan fingerprint density at radius 3 is 2.38 bits per heavy atom.